The van der Waals surface area contributed by atoms with Crippen molar-refractivity contribution >= 4 is 0 Å². The highest BCUT2D eigenvalue weighted by Crippen LogP contribution is 2.28. The number of nitrogens with zero attached hydrogens (tertiary/aromatic N) is 1. The minimum absolute atomic E-state index is 0.755. The van der Waals surface area contributed by atoms with E-state index in [-0.39, 0.29) is 0 Å². The van der Waals surface area contributed by atoms with Crippen LogP contribution < -0.4 is 5.32 Å². The highest BCUT2D eigenvalue weighted by atomic mass is 15.2. The molecule has 18 heavy (non-hydrogen) atoms. The van der Waals surface area contributed by atoms with Gasteiger partial charge in [0, 0.05) is 19.1 Å². The summed E-state index contributed by atoms with van der Waals surface area (Å²) in [6.07, 6.45) is 10.1. The van der Waals surface area contributed by atoms with Crippen molar-refractivity contribution in [1.29, 1.82) is 0 Å². The average Bonchev–Trinajstić information content (AvgIpc) is 2.87. The predicted octanol–water partition coefficient (Wildman–Crippen LogP) is 3.28. The number of likely N-dealkylation sites (N-methyl/N-ethyl adjacent to an activating group) is 1. The van der Waals surface area contributed by atoms with E-state index < -0.39 is 0 Å². The van der Waals surface area contributed by atoms with Crippen molar-refractivity contribution in [2.75, 3.05) is 26.2 Å². The zero-order chi connectivity index (χ0) is 12.8. The Morgan fingerprint density at radius 1 is 1.11 bits per heavy atom. The molecule has 1 heterocycles. The van der Waals surface area contributed by atoms with E-state index in [0.29, 0.717) is 0 Å². The van der Waals surface area contributed by atoms with Gasteiger partial charge in [-0.2, -0.15) is 0 Å². The van der Waals surface area contributed by atoms with Crippen molar-refractivity contribution in [2.45, 2.75) is 64.8 Å². The van der Waals surface area contributed by atoms with E-state index in [9.17, 15) is 0 Å². The minimum Gasteiger partial charge on any atom is -0.313 e. The summed E-state index contributed by atoms with van der Waals surface area (Å²) >= 11 is 0. The molecule has 0 aromatic carbocycles. The first-order valence-corrected chi connectivity index (χ1v) is 8.29. The summed E-state index contributed by atoms with van der Waals surface area (Å²) in [6, 6.07) is 0.755. The van der Waals surface area contributed by atoms with Crippen molar-refractivity contribution < 1.29 is 0 Å². The molecule has 1 N–H and O–H groups in total. The van der Waals surface area contributed by atoms with Gasteiger partial charge in [-0.25, -0.2) is 0 Å². The van der Waals surface area contributed by atoms with Crippen LogP contribution in [0.1, 0.15) is 58.8 Å². The number of rotatable bonds is 6. The summed E-state index contributed by atoms with van der Waals surface area (Å²) in [4.78, 5) is 2.72. The highest BCUT2D eigenvalue weighted by molar-refractivity contribution is 4.84. The summed E-state index contributed by atoms with van der Waals surface area (Å²) in [5.74, 6) is 1.91. The van der Waals surface area contributed by atoms with Crippen molar-refractivity contribution in [3.8, 4) is 0 Å². The molecule has 1 saturated heterocycles. The van der Waals surface area contributed by atoms with Gasteiger partial charge >= 0.3 is 0 Å². The maximum absolute atomic E-state index is 3.77. The fourth-order valence-electron chi connectivity index (χ4n) is 3.87. The Bertz CT molecular complexity index is 223. The third-order valence-electron chi connectivity index (χ3n) is 5.09. The van der Waals surface area contributed by atoms with Crippen LogP contribution in [0.3, 0.4) is 0 Å². The Morgan fingerprint density at radius 2 is 1.89 bits per heavy atom. The smallest absolute Gasteiger partial charge is 0.0223 e. The molecule has 2 rings (SSSR count). The maximum atomic E-state index is 3.77. The Hall–Kier alpha value is -0.0800. The lowest BCUT2D eigenvalue weighted by molar-refractivity contribution is 0.202. The van der Waals surface area contributed by atoms with Gasteiger partial charge in [0.25, 0.3) is 0 Å². The second kappa shape index (κ2) is 7.49. The SMILES string of the molecule is CCNC(CN1CCC(CC)C1)C1CCCCC1. The molecule has 2 unspecified atom stereocenters. The molecule has 106 valence electrons. The second-order valence-electron chi connectivity index (χ2n) is 6.38. The van der Waals surface area contributed by atoms with Crippen LogP contribution in [0.2, 0.25) is 0 Å². The second-order valence-corrected chi connectivity index (χ2v) is 6.38. The monoisotopic (exact) mass is 252 g/mol. The molecule has 2 fully saturated rings. The molecular formula is C16H32N2. The minimum atomic E-state index is 0.755. The molecule has 2 heteroatoms. The molecule has 0 bridgehead atoms. The lowest BCUT2D eigenvalue weighted by Gasteiger charge is -2.33. The first-order chi connectivity index (χ1) is 8.83. The van der Waals surface area contributed by atoms with Crippen molar-refractivity contribution in [1.82, 2.24) is 10.2 Å². The number of likely N-dealkylation sites (tertiary alicyclic amines) is 1. The van der Waals surface area contributed by atoms with Crippen LogP contribution in [0.4, 0.5) is 0 Å². The van der Waals surface area contributed by atoms with Crippen LogP contribution in [-0.4, -0.2) is 37.1 Å². The van der Waals surface area contributed by atoms with E-state index in [4.69, 9.17) is 0 Å². The average molecular weight is 252 g/mol. The third-order valence-corrected chi connectivity index (χ3v) is 5.09. The van der Waals surface area contributed by atoms with Crippen molar-refractivity contribution in [3.63, 3.8) is 0 Å². The van der Waals surface area contributed by atoms with Crippen LogP contribution >= 0.6 is 0 Å². The Balaban J connectivity index is 1.81. The number of hydrogen-bond donors (Lipinski definition) is 1. The molecule has 0 aromatic heterocycles. The molecule has 1 aliphatic carbocycles. The zero-order valence-electron chi connectivity index (χ0n) is 12.5. The Morgan fingerprint density at radius 3 is 2.50 bits per heavy atom. The van der Waals surface area contributed by atoms with Gasteiger partial charge in [-0.1, -0.05) is 39.5 Å². The van der Waals surface area contributed by atoms with E-state index in [1.165, 1.54) is 64.6 Å². The van der Waals surface area contributed by atoms with Crippen molar-refractivity contribution in [2.24, 2.45) is 11.8 Å². The van der Waals surface area contributed by atoms with Crippen molar-refractivity contribution in [3.05, 3.63) is 0 Å². The number of hydrogen-bond acceptors (Lipinski definition) is 2. The molecule has 0 amide bonds. The van der Waals surface area contributed by atoms with Gasteiger partial charge in [0.2, 0.25) is 0 Å². The van der Waals surface area contributed by atoms with Gasteiger partial charge in [-0.15, -0.1) is 0 Å². The largest absolute Gasteiger partial charge is 0.313 e. The van der Waals surface area contributed by atoms with Gasteiger partial charge in [0.05, 0.1) is 0 Å². The lowest BCUT2D eigenvalue weighted by atomic mass is 9.83. The molecule has 2 atom stereocenters. The molecule has 0 spiro atoms. The first kappa shape index (κ1) is 14.3. The summed E-state index contributed by atoms with van der Waals surface area (Å²) in [6.45, 7) is 9.73. The Kier molecular flexibility index (Phi) is 5.97. The fraction of sp³-hybridized carbons (Fsp3) is 1.00. The normalized spacial score (nSPS) is 28.7. The molecule has 1 saturated carbocycles. The number of nitrogens with one attached hydrogen (secondary N) is 1. The quantitative estimate of drug-likeness (QED) is 0.780. The predicted molar refractivity (Wildman–Crippen MR) is 78.9 cm³/mol. The summed E-state index contributed by atoms with van der Waals surface area (Å²) in [5, 5.41) is 3.77. The topological polar surface area (TPSA) is 15.3 Å². The van der Waals surface area contributed by atoms with E-state index in [1.807, 2.05) is 0 Å². The Labute approximate surface area is 114 Å². The van der Waals surface area contributed by atoms with Crippen LogP contribution in [0.15, 0.2) is 0 Å². The summed E-state index contributed by atoms with van der Waals surface area (Å²) < 4.78 is 0. The molecule has 2 nitrogen and oxygen atoms in total. The molecular weight excluding hydrogens is 220 g/mol. The molecule has 1 aliphatic heterocycles. The van der Waals surface area contributed by atoms with Gasteiger partial charge in [-0.05, 0) is 44.2 Å². The van der Waals surface area contributed by atoms with Crippen LogP contribution in [-0.2, 0) is 0 Å². The van der Waals surface area contributed by atoms with Crippen LogP contribution in [0.25, 0.3) is 0 Å². The van der Waals surface area contributed by atoms with Crippen LogP contribution in [0.5, 0.6) is 0 Å². The van der Waals surface area contributed by atoms with Gasteiger partial charge in [-0.3, -0.25) is 0 Å². The van der Waals surface area contributed by atoms with E-state index in [0.717, 1.165) is 24.4 Å². The molecule has 2 aliphatic rings. The molecule has 0 radical (unpaired) electrons. The van der Waals surface area contributed by atoms with E-state index in [2.05, 4.69) is 24.1 Å². The van der Waals surface area contributed by atoms with Crippen LogP contribution in [0, 0.1) is 11.8 Å². The fourth-order valence-corrected chi connectivity index (χ4v) is 3.87. The maximum Gasteiger partial charge on any atom is 0.0223 e. The van der Waals surface area contributed by atoms with E-state index >= 15 is 0 Å². The first-order valence-electron chi connectivity index (χ1n) is 8.29. The summed E-state index contributed by atoms with van der Waals surface area (Å²) in [7, 11) is 0. The van der Waals surface area contributed by atoms with Gasteiger partial charge in [0.1, 0.15) is 0 Å². The lowest BCUT2D eigenvalue weighted by Crippen LogP contribution is -2.45. The third kappa shape index (κ3) is 3.96. The highest BCUT2D eigenvalue weighted by Gasteiger charge is 2.28. The standard InChI is InChI=1S/C16H32N2/c1-3-14-10-11-18(12-14)13-16(17-4-2)15-8-6-5-7-9-15/h14-17H,3-13H2,1-2H3. The zero-order valence-corrected chi connectivity index (χ0v) is 12.5. The van der Waals surface area contributed by atoms with E-state index in [1.54, 1.807) is 0 Å². The molecule has 0 aromatic rings. The van der Waals surface area contributed by atoms with Gasteiger partial charge in [0.15, 0.2) is 0 Å². The summed E-state index contributed by atoms with van der Waals surface area (Å²) in [5.41, 5.74) is 0. The van der Waals surface area contributed by atoms with Gasteiger partial charge < -0.3 is 10.2 Å².